The van der Waals surface area contributed by atoms with Crippen molar-refractivity contribution >= 4 is 28.2 Å². The van der Waals surface area contributed by atoms with Gasteiger partial charge in [-0.25, -0.2) is 4.39 Å². The number of aromatic amines is 1. The Morgan fingerprint density at radius 1 is 1.19 bits per heavy atom. The van der Waals surface area contributed by atoms with Crippen LogP contribution in [0.3, 0.4) is 0 Å². The highest BCUT2D eigenvalue weighted by molar-refractivity contribution is 6.32. The molecule has 4 N–H and O–H groups in total. The number of phenolic OH excluding ortho intramolecular Hbond substituents is 1. The lowest BCUT2D eigenvalue weighted by Gasteiger charge is -2.45. The highest BCUT2D eigenvalue weighted by Crippen LogP contribution is 2.55. The van der Waals surface area contributed by atoms with Gasteiger partial charge in [0.1, 0.15) is 11.6 Å². The van der Waals surface area contributed by atoms with E-state index < -0.39 is 41.5 Å². The van der Waals surface area contributed by atoms with Crippen molar-refractivity contribution in [1.82, 2.24) is 4.98 Å². The Bertz CT molecular complexity index is 1240. The quantitative estimate of drug-likeness (QED) is 0.410. The number of anilines is 1. The number of aromatic hydroxyl groups is 1. The van der Waals surface area contributed by atoms with E-state index in [0.717, 1.165) is 12.1 Å². The number of phenols is 1. The van der Waals surface area contributed by atoms with Crippen LogP contribution in [0.4, 0.5) is 23.2 Å². The molecule has 4 rings (SSSR count). The molecule has 0 fully saturated rings. The fourth-order valence-corrected chi connectivity index (χ4v) is 4.45. The maximum absolute atomic E-state index is 14.2. The predicted molar refractivity (Wildman–Crippen MR) is 108 cm³/mol. The van der Waals surface area contributed by atoms with Gasteiger partial charge < -0.3 is 20.5 Å². The molecule has 5 nitrogen and oxygen atoms in total. The highest BCUT2D eigenvalue weighted by atomic mass is 35.5. The predicted octanol–water partition coefficient (Wildman–Crippen LogP) is 4.98. The normalized spacial score (nSPS) is 23.6. The van der Waals surface area contributed by atoms with Crippen LogP contribution >= 0.6 is 11.6 Å². The number of hydrogen-bond donors (Lipinski definition) is 4. The molecule has 0 aliphatic heterocycles. The number of rotatable bonds is 2. The van der Waals surface area contributed by atoms with Crippen molar-refractivity contribution in [3.63, 3.8) is 0 Å². The Morgan fingerprint density at radius 3 is 2.58 bits per heavy atom. The Kier molecular flexibility index (Phi) is 4.94. The number of pyridine rings is 1. The third kappa shape index (κ3) is 3.32. The molecular formula is C21H17ClF4N2O3. The van der Waals surface area contributed by atoms with E-state index in [2.05, 4.69) is 10.3 Å². The van der Waals surface area contributed by atoms with Gasteiger partial charge in [0, 0.05) is 22.7 Å². The summed E-state index contributed by atoms with van der Waals surface area (Å²) in [5.74, 6) is -1.96. The lowest BCUT2D eigenvalue weighted by atomic mass is 9.70. The molecule has 0 spiro atoms. The van der Waals surface area contributed by atoms with E-state index in [9.17, 15) is 32.6 Å². The molecule has 1 heterocycles. The van der Waals surface area contributed by atoms with Crippen molar-refractivity contribution in [3.8, 4) is 5.75 Å². The zero-order valence-electron chi connectivity index (χ0n) is 16.0. The smallest absolute Gasteiger partial charge is 0.419 e. The Balaban J connectivity index is 1.94. The van der Waals surface area contributed by atoms with Crippen molar-refractivity contribution < 1.29 is 27.8 Å². The fourth-order valence-electron chi connectivity index (χ4n) is 4.29. The molecule has 10 heteroatoms. The molecular weight excluding hydrogens is 440 g/mol. The van der Waals surface area contributed by atoms with Gasteiger partial charge in [-0.1, -0.05) is 24.6 Å². The minimum atomic E-state index is -5.02. The Morgan fingerprint density at radius 2 is 1.90 bits per heavy atom. The van der Waals surface area contributed by atoms with Crippen molar-refractivity contribution in [2.75, 3.05) is 5.32 Å². The first-order valence-electron chi connectivity index (χ1n) is 9.32. The SMILES string of the molecule is C[C@@H]1C[C@@](O)(C(F)(F)F)[C@@H](Nc2ccc(F)c3[nH]c(=O)ccc23)c2ccc(Cl)c(O)c21. The minimum Gasteiger partial charge on any atom is -0.506 e. The average Bonchev–Trinajstić information content (AvgIpc) is 2.68. The number of halogens is 5. The van der Waals surface area contributed by atoms with Gasteiger partial charge >= 0.3 is 6.18 Å². The summed E-state index contributed by atoms with van der Waals surface area (Å²) in [4.78, 5) is 13.9. The molecule has 0 saturated heterocycles. The lowest BCUT2D eigenvalue weighted by molar-refractivity contribution is -0.272. The van der Waals surface area contributed by atoms with Gasteiger partial charge in [0.2, 0.25) is 5.56 Å². The second kappa shape index (κ2) is 7.13. The van der Waals surface area contributed by atoms with Crippen LogP contribution in [0.2, 0.25) is 5.02 Å². The van der Waals surface area contributed by atoms with E-state index in [1.165, 1.54) is 31.2 Å². The molecule has 1 aromatic heterocycles. The molecule has 31 heavy (non-hydrogen) atoms. The number of aliphatic hydroxyl groups is 1. The summed E-state index contributed by atoms with van der Waals surface area (Å²) in [5, 5.41) is 24.0. The zero-order chi connectivity index (χ0) is 22.7. The molecule has 164 valence electrons. The van der Waals surface area contributed by atoms with E-state index in [0.29, 0.717) is 0 Å². The Hall–Kier alpha value is -2.78. The minimum absolute atomic E-state index is 0.0161. The van der Waals surface area contributed by atoms with Gasteiger partial charge in [-0.05, 0) is 42.2 Å². The summed E-state index contributed by atoms with van der Waals surface area (Å²) < 4.78 is 56.4. The number of H-pyrrole nitrogens is 1. The molecule has 1 aliphatic carbocycles. The van der Waals surface area contributed by atoms with E-state index >= 15 is 0 Å². The summed E-state index contributed by atoms with van der Waals surface area (Å²) in [6, 6.07) is 5.44. The van der Waals surface area contributed by atoms with Crippen LogP contribution in [0.5, 0.6) is 5.75 Å². The summed E-state index contributed by atoms with van der Waals surface area (Å²) in [7, 11) is 0. The molecule has 1 aliphatic rings. The second-order valence-corrected chi connectivity index (χ2v) is 8.12. The Labute approximate surface area is 178 Å². The van der Waals surface area contributed by atoms with Gasteiger partial charge in [-0.2, -0.15) is 13.2 Å². The van der Waals surface area contributed by atoms with Crippen LogP contribution < -0.4 is 10.9 Å². The van der Waals surface area contributed by atoms with Crippen molar-refractivity contribution in [1.29, 1.82) is 0 Å². The van der Waals surface area contributed by atoms with Crippen LogP contribution in [0.15, 0.2) is 41.2 Å². The maximum atomic E-state index is 14.2. The molecule has 0 radical (unpaired) electrons. The van der Waals surface area contributed by atoms with E-state index in [4.69, 9.17) is 11.6 Å². The first kappa shape index (κ1) is 21.5. The summed E-state index contributed by atoms with van der Waals surface area (Å²) in [6.07, 6.45) is -5.75. The topological polar surface area (TPSA) is 85.4 Å². The van der Waals surface area contributed by atoms with Crippen LogP contribution in [0.25, 0.3) is 10.9 Å². The van der Waals surface area contributed by atoms with Crippen LogP contribution in [0, 0.1) is 5.82 Å². The number of alkyl halides is 3. The molecule has 0 amide bonds. The van der Waals surface area contributed by atoms with Crippen LogP contribution in [-0.2, 0) is 0 Å². The van der Waals surface area contributed by atoms with Gasteiger partial charge in [-0.3, -0.25) is 4.79 Å². The number of aromatic nitrogens is 1. The van der Waals surface area contributed by atoms with Gasteiger partial charge in [0.25, 0.3) is 0 Å². The number of benzene rings is 2. The number of hydrogen-bond acceptors (Lipinski definition) is 4. The molecule has 0 bridgehead atoms. The largest absolute Gasteiger partial charge is 0.506 e. The number of fused-ring (bicyclic) bond motifs is 2. The number of nitrogens with one attached hydrogen (secondary N) is 2. The van der Waals surface area contributed by atoms with Gasteiger partial charge in [0.05, 0.1) is 16.6 Å². The van der Waals surface area contributed by atoms with E-state index in [1.54, 1.807) is 0 Å². The molecule has 3 atom stereocenters. The first-order valence-corrected chi connectivity index (χ1v) is 9.70. The fraction of sp³-hybridized carbons (Fsp3) is 0.286. The van der Waals surface area contributed by atoms with Crippen LogP contribution in [-0.4, -0.2) is 27.0 Å². The molecule has 2 aromatic carbocycles. The van der Waals surface area contributed by atoms with Crippen molar-refractivity contribution in [3.05, 3.63) is 68.7 Å². The standard InChI is InChI=1S/C21H17ClF4N2O3/c1-9-8-20(31,21(24,25)26)19(11-2-4-12(22)18(30)16(9)11)27-14-6-5-13(23)17-10(14)3-7-15(29)28-17/h2-7,9,19,27,30-31H,8H2,1H3,(H,28,29)/t9-,19+,20+/m1/s1. The zero-order valence-corrected chi connectivity index (χ0v) is 16.8. The summed E-state index contributed by atoms with van der Waals surface area (Å²) in [5.41, 5.74) is -3.68. The average molecular weight is 457 g/mol. The van der Waals surface area contributed by atoms with Crippen LogP contribution in [0.1, 0.15) is 36.4 Å². The van der Waals surface area contributed by atoms with Crippen molar-refractivity contribution in [2.24, 2.45) is 0 Å². The van der Waals surface area contributed by atoms with Crippen molar-refractivity contribution in [2.45, 2.75) is 37.1 Å². The van der Waals surface area contributed by atoms with Gasteiger partial charge in [-0.15, -0.1) is 0 Å². The third-order valence-corrected chi connectivity index (χ3v) is 6.04. The monoisotopic (exact) mass is 456 g/mol. The lowest BCUT2D eigenvalue weighted by Crippen LogP contribution is -2.55. The summed E-state index contributed by atoms with van der Waals surface area (Å²) >= 11 is 5.96. The molecule has 0 saturated carbocycles. The summed E-state index contributed by atoms with van der Waals surface area (Å²) in [6.45, 7) is 1.46. The maximum Gasteiger partial charge on any atom is 0.419 e. The second-order valence-electron chi connectivity index (χ2n) is 7.71. The molecule has 3 aromatic rings. The van der Waals surface area contributed by atoms with Gasteiger partial charge in [0.15, 0.2) is 5.60 Å². The highest BCUT2D eigenvalue weighted by Gasteiger charge is 2.62. The third-order valence-electron chi connectivity index (χ3n) is 5.74. The molecule has 0 unspecified atom stereocenters. The van der Waals surface area contributed by atoms with E-state index in [1.807, 2.05) is 0 Å². The van der Waals surface area contributed by atoms with E-state index in [-0.39, 0.29) is 38.5 Å². The first-order chi connectivity index (χ1) is 14.4.